The Hall–Kier alpha value is -1.04. The Morgan fingerprint density at radius 1 is 0.933 bits per heavy atom. The largest absolute Gasteiger partial charge is 0.143 e. The number of hydrogen-bond donors (Lipinski definition) is 0. The number of rotatable bonds is 2. The van der Waals surface area contributed by atoms with Crippen molar-refractivity contribution in [1.29, 1.82) is 0 Å². The summed E-state index contributed by atoms with van der Waals surface area (Å²) in [4.78, 5) is 3.60. The Labute approximate surface area is 99.0 Å². The fourth-order valence-corrected chi connectivity index (χ4v) is 3.63. The lowest BCUT2D eigenvalue weighted by Gasteiger charge is -1.93. The van der Waals surface area contributed by atoms with Gasteiger partial charge in [0.2, 0.25) is 0 Å². The van der Waals surface area contributed by atoms with Crippen molar-refractivity contribution in [1.82, 2.24) is 9.59 Å². The van der Waals surface area contributed by atoms with Crippen molar-refractivity contribution in [2.45, 2.75) is 0 Å². The molecule has 2 nitrogen and oxygen atoms in total. The van der Waals surface area contributed by atoms with Gasteiger partial charge >= 0.3 is 0 Å². The average molecular weight is 250 g/mol. The third-order valence-corrected chi connectivity index (χ3v) is 4.64. The van der Waals surface area contributed by atoms with Gasteiger partial charge < -0.3 is 0 Å². The van der Waals surface area contributed by atoms with E-state index in [0.29, 0.717) is 0 Å². The van der Waals surface area contributed by atoms with E-state index in [9.17, 15) is 0 Å². The molecule has 74 valence electrons. The monoisotopic (exact) mass is 250 g/mol. The summed E-state index contributed by atoms with van der Waals surface area (Å²) >= 11 is 4.89. The minimum Gasteiger partial charge on any atom is -0.143 e. The van der Waals surface area contributed by atoms with Crippen LogP contribution in [0.3, 0.4) is 0 Å². The quantitative estimate of drug-likeness (QED) is 0.687. The standard InChI is InChI=1S/C10H6N2S3/c1-3-7(13-5-1)9-10(15-12-11-9)8-4-2-6-14-8/h1-6H. The summed E-state index contributed by atoms with van der Waals surface area (Å²) < 4.78 is 4.04. The highest BCUT2D eigenvalue weighted by atomic mass is 32.1. The minimum atomic E-state index is 1.01. The third kappa shape index (κ3) is 1.62. The van der Waals surface area contributed by atoms with E-state index in [1.165, 1.54) is 26.2 Å². The van der Waals surface area contributed by atoms with Crippen molar-refractivity contribution < 1.29 is 0 Å². The van der Waals surface area contributed by atoms with Gasteiger partial charge in [-0.1, -0.05) is 16.6 Å². The molecule has 5 heteroatoms. The second-order valence-electron chi connectivity index (χ2n) is 2.91. The summed E-state index contributed by atoms with van der Waals surface area (Å²) in [6.07, 6.45) is 0. The molecule has 0 unspecified atom stereocenters. The van der Waals surface area contributed by atoms with Crippen molar-refractivity contribution in [3.8, 4) is 20.3 Å². The molecule has 0 N–H and O–H groups in total. The van der Waals surface area contributed by atoms with Gasteiger partial charge in [0.05, 0.1) is 9.75 Å². The molecule has 0 bridgehead atoms. The van der Waals surface area contributed by atoms with Crippen LogP contribution in [0.4, 0.5) is 0 Å². The first-order chi connectivity index (χ1) is 7.45. The van der Waals surface area contributed by atoms with Crippen LogP contribution in [0.1, 0.15) is 0 Å². The minimum absolute atomic E-state index is 1.01. The van der Waals surface area contributed by atoms with E-state index in [0.717, 1.165) is 5.69 Å². The van der Waals surface area contributed by atoms with E-state index in [-0.39, 0.29) is 0 Å². The van der Waals surface area contributed by atoms with Gasteiger partial charge in [-0.2, -0.15) is 0 Å². The Morgan fingerprint density at radius 2 is 1.67 bits per heavy atom. The SMILES string of the molecule is c1csc(-c2nnsc2-c2cccs2)c1. The molecule has 0 aromatic carbocycles. The normalized spacial score (nSPS) is 10.7. The van der Waals surface area contributed by atoms with Crippen LogP contribution in [-0.4, -0.2) is 9.59 Å². The van der Waals surface area contributed by atoms with Crippen LogP contribution in [0, 0.1) is 0 Å². The van der Waals surface area contributed by atoms with E-state index in [2.05, 4.69) is 38.5 Å². The Morgan fingerprint density at radius 3 is 2.33 bits per heavy atom. The predicted molar refractivity (Wildman–Crippen MR) is 66.5 cm³/mol. The zero-order valence-corrected chi connectivity index (χ0v) is 10.0. The molecular weight excluding hydrogens is 244 g/mol. The molecule has 0 aliphatic heterocycles. The first-order valence-corrected chi connectivity index (χ1v) is 6.88. The number of nitrogens with zero attached hydrogens (tertiary/aromatic N) is 2. The van der Waals surface area contributed by atoms with Gasteiger partial charge in [-0.25, -0.2) is 0 Å². The first-order valence-electron chi connectivity index (χ1n) is 4.35. The van der Waals surface area contributed by atoms with E-state index >= 15 is 0 Å². The van der Waals surface area contributed by atoms with Gasteiger partial charge in [0.25, 0.3) is 0 Å². The van der Waals surface area contributed by atoms with Crippen LogP contribution in [0.15, 0.2) is 35.0 Å². The zero-order valence-electron chi connectivity index (χ0n) is 7.58. The van der Waals surface area contributed by atoms with Gasteiger partial charge in [0.15, 0.2) is 0 Å². The van der Waals surface area contributed by atoms with E-state index in [4.69, 9.17) is 0 Å². The lowest BCUT2D eigenvalue weighted by molar-refractivity contribution is 1.17. The summed E-state index contributed by atoms with van der Waals surface area (Å²) in [5.41, 5.74) is 1.01. The fourth-order valence-electron chi connectivity index (χ4n) is 1.33. The number of hydrogen-bond acceptors (Lipinski definition) is 5. The Bertz CT molecular complexity index is 488. The molecular formula is C10H6N2S3. The van der Waals surface area contributed by atoms with Crippen LogP contribution in [0.5, 0.6) is 0 Å². The van der Waals surface area contributed by atoms with E-state index < -0.39 is 0 Å². The van der Waals surface area contributed by atoms with Crippen LogP contribution >= 0.6 is 34.2 Å². The van der Waals surface area contributed by atoms with Crippen molar-refractivity contribution in [2.75, 3.05) is 0 Å². The highest BCUT2D eigenvalue weighted by molar-refractivity contribution is 7.19. The highest BCUT2D eigenvalue weighted by Gasteiger charge is 2.13. The molecule has 3 rings (SSSR count). The molecule has 0 radical (unpaired) electrons. The summed E-state index contributed by atoms with van der Waals surface area (Å²) in [6, 6.07) is 8.28. The van der Waals surface area contributed by atoms with Gasteiger partial charge in [-0.05, 0) is 34.4 Å². The summed E-state index contributed by atoms with van der Waals surface area (Å²) in [6.45, 7) is 0. The average Bonchev–Trinajstić information content (AvgIpc) is 3.01. The summed E-state index contributed by atoms with van der Waals surface area (Å²) in [5.74, 6) is 0. The van der Waals surface area contributed by atoms with Gasteiger partial charge in [0, 0.05) is 4.88 Å². The summed E-state index contributed by atoms with van der Waals surface area (Å²) in [5, 5.41) is 8.34. The van der Waals surface area contributed by atoms with Crippen molar-refractivity contribution in [2.24, 2.45) is 0 Å². The maximum atomic E-state index is 4.20. The molecule has 0 spiro atoms. The Kier molecular flexibility index (Phi) is 2.36. The maximum Gasteiger partial charge on any atom is 0.124 e. The molecule has 15 heavy (non-hydrogen) atoms. The lowest BCUT2D eigenvalue weighted by Crippen LogP contribution is -1.75. The molecule has 3 heterocycles. The van der Waals surface area contributed by atoms with Crippen LogP contribution in [0.2, 0.25) is 0 Å². The topological polar surface area (TPSA) is 25.8 Å². The first kappa shape index (κ1) is 9.21. The van der Waals surface area contributed by atoms with Crippen molar-refractivity contribution in [3.05, 3.63) is 35.0 Å². The summed E-state index contributed by atoms with van der Waals surface area (Å²) in [7, 11) is 0. The maximum absolute atomic E-state index is 4.20. The van der Waals surface area contributed by atoms with Crippen molar-refractivity contribution in [3.63, 3.8) is 0 Å². The molecule has 3 aromatic rings. The third-order valence-electron chi connectivity index (χ3n) is 1.99. The van der Waals surface area contributed by atoms with Crippen LogP contribution < -0.4 is 0 Å². The van der Waals surface area contributed by atoms with Crippen molar-refractivity contribution >= 4 is 34.2 Å². The van der Waals surface area contributed by atoms with Gasteiger partial charge in [-0.15, -0.1) is 27.8 Å². The Balaban J connectivity index is 2.15. The van der Waals surface area contributed by atoms with Crippen LogP contribution in [-0.2, 0) is 0 Å². The second kappa shape index (κ2) is 3.84. The predicted octanol–water partition coefficient (Wildman–Crippen LogP) is 4.00. The molecule has 0 aliphatic carbocycles. The van der Waals surface area contributed by atoms with Gasteiger partial charge in [0.1, 0.15) is 5.69 Å². The number of aromatic nitrogens is 2. The molecule has 0 amide bonds. The van der Waals surface area contributed by atoms with E-state index in [1.807, 2.05) is 6.07 Å². The lowest BCUT2D eigenvalue weighted by atomic mass is 10.3. The van der Waals surface area contributed by atoms with Gasteiger partial charge in [-0.3, -0.25) is 0 Å². The van der Waals surface area contributed by atoms with Crippen LogP contribution in [0.25, 0.3) is 20.3 Å². The highest BCUT2D eigenvalue weighted by Crippen LogP contribution is 2.37. The molecule has 3 aromatic heterocycles. The van der Waals surface area contributed by atoms with E-state index in [1.54, 1.807) is 22.7 Å². The fraction of sp³-hybridized carbons (Fsp3) is 0. The molecule has 0 aliphatic rings. The molecule has 0 fully saturated rings. The second-order valence-corrected chi connectivity index (χ2v) is 5.55. The number of thiophene rings is 2. The molecule has 0 saturated carbocycles. The molecule has 0 saturated heterocycles. The zero-order chi connectivity index (χ0) is 10.1. The molecule has 0 atom stereocenters. The smallest absolute Gasteiger partial charge is 0.124 e.